The zero-order valence-corrected chi connectivity index (χ0v) is 17.2. The van der Waals surface area contributed by atoms with Gasteiger partial charge in [-0.2, -0.15) is 0 Å². The highest BCUT2D eigenvalue weighted by atomic mass is 32.2. The number of nitrogens with one attached hydrogen (secondary N) is 1. The molecule has 7 nitrogen and oxygen atoms in total. The van der Waals surface area contributed by atoms with Gasteiger partial charge in [-0.15, -0.1) is 0 Å². The molecule has 3 rings (SSSR count). The highest BCUT2D eigenvalue weighted by molar-refractivity contribution is 7.99. The van der Waals surface area contributed by atoms with Gasteiger partial charge in [-0.1, -0.05) is 11.8 Å². The number of aliphatic carboxylic acids is 1. The van der Waals surface area contributed by atoms with E-state index in [4.69, 9.17) is 0 Å². The van der Waals surface area contributed by atoms with Crippen molar-refractivity contribution in [3.05, 3.63) is 36.4 Å². The third kappa shape index (κ3) is 4.01. The van der Waals surface area contributed by atoms with Crippen LogP contribution in [0.3, 0.4) is 0 Å². The zero-order chi connectivity index (χ0) is 20.4. The van der Waals surface area contributed by atoms with Crippen molar-refractivity contribution in [3.63, 3.8) is 0 Å². The number of carboxylic acid groups (broad SMARTS) is 1. The van der Waals surface area contributed by atoms with Crippen LogP contribution in [0.25, 0.3) is 0 Å². The first kappa shape index (κ1) is 19.9. The van der Waals surface area contributed by atoms with Gasteiger partial charge in [-0.25, -0.2) is 4.79 Å². The summed E-state index contributed by atoms with van der Waals surface area (Å²) >= 11 is 1.62. The third-order valence-electron chi connectivity index (χ3n) is 4.43. The number of carboxylic acids is 1. The lowest BCUT2D eigenvalue weighted by atomic mass is 10.2. The van der Waals surface area contributed by atoms with E-state index in [1.165, 1.54) is 0 Å². The summed E-state index contributed by atoms with van der Waals surface area (Å²) in [4.78, 5) is 31.1. The molecule has 28 heavy (non-hydrogen) atoms. The second-order valence-corrected chi connectivity index (χ2v) is 7.97. The Morgan fingerprint density at radius 2 is 1.46 bits per heavy atom. The number of carbonyl (C=O) groups is 2. The Morgan fingerprint density at radius 3 is 1.89 bits per heavy atom. The molecule has 0 unspecified atom stereocenters. The van der Waals surface area contributed by atoms with Gasteiger partial charge in [0.05, 0.1) is 11.4 Å². The molecule has 0 saturated heterocycles. The molecule has 2 aromatic rings. The van der Waals surface area contributed by atoms with Crippen molar-refractivity contribution in [3.8, 4) is 0 Å². The van der Waals surface area contributed by atoms with E-state index in [-0.39, 0.29) is 19.0 Å². The molecule has 2 aromatic carbocycles. The summed E-state index contributed by atoms with van der Waals surface area (Å²) in [5.74, 6) is -1.19. The number of hydrogen-bond donors (Lipinski definition) is 1. The molecule has 0 aromatic heterocycles. The van der Waals surface area contributed by atoms with Crippen molar-refractivity contribution < 1.29 is 14.7 Å². The monoisotopic (exact) mass is 399 g/mol. The predicted octanol–water partition coefficient (Wildman–Crippen LogP) is 2.27. The smallest absolute Gasteiger partial charge is 0.326 e. The van der Waals surface area contributed by atoms with Gasteiger partial charge in [-0.3, -0.25) is 4.90 Å². The average Bonchev–Trinajstić information content (AvgIpc) is 2.64. The van der Waals surface area contributed by atoms with E-state index < -0.39 is 5.97 Å². The molecule has 0 atom stereocenters. The molecule has 148 valence electrons. The number of anilines is 4. The molecule has 0 spiro atoms. The minimum Gasteiger partial charge on any atom is -0.550 e. The normalized spacial score (nSPS) is 12.1. The maximum atomic E-state index is 12.9. The SMILES string of the molecule is CN(C)c1ccc2c(c1)Sc1cc(N(C)C)ccc1N2C(=O)NCCC(=O)[O-]. The highest BCUT2D eigenvalue weighted by Gasteiger charge is 2.29. The third-order valence-corrected chi connectivity index (χ3v) is 5.52. The van der Waals surface area contributed by atoms with Crippen LogP contribution in [0, 0.1) is 0 Å². The highest BCUT2D eigenvalue weighted by Crippen LogP contribution is 2.50. The molecule has 1 aliphatic heterocycles. The molecule has 1 N–H and O–H groups in total. The van der Waals surface area contributed by atoms with Gasteiger partial charge in [0.2, 0.25) is 0 Å². The Morgan fingerprint density at radius 1 is 0.964 bits per heavy atom. The summed E-state index contributed by atoms with van der Waals surface area (Å²) in [6.45, 7) is 0.0149. The van der Waals surface area contributed by atoms with Gasteiger partial charge in [0, 0.05) is 68.3 Å². The van der Waals surface area contributed by atoms with Crippen LogP contribution in [-0.2, 0) is 4.79 Å². The second kappa shape index (κ2) is 8.02. The van der Waals surface area contributed by atoms with Crippen LogP contribution >= 0.6 is 11.8 Å². The number of benzene rings is 2. The second-order valence-electron chi connectivity index (χ2n) is 6.88. The molecule has 0 saturated carbocycles. The first-order chi connectivity index (χ1) is 13.3. The zero-order valence-electron chi connectivity index (χ0n) is 16.4. The Balaban J connectivity index is 2.02. The van der Waals surface area contributed by atoms with Crippen LogP contribution in [0.5, 0.6) is 0 Å². The molecule has 2 amide bonds. The lowest BCUT2D eigenvalue weighted by Gasteiger charge is -2.32. The molecule has 1 heterocycles. The largest absolute Gasteiger partial charge is 0.550 e. The van der Waals surface area contributed by atoms with Gasteiger partial charge >= 0.3 is 6.03 Å². The van der Waals surface area contributed by atoms with Gasteiger partial charge in [-0.05, 0) is 36.4 Å². The first-order valence-corrected chi connectivity index (χ1v) is 9.68. The molecule has 1 aliphatic rings. The van der Waals surface area contributed by atoms with Crippen LogP contribution < -0.4 is 25.1 Å². The fourth-order valence-electron chi connectivity index (χ4n) is 2.91. The van der Waals surface area contributed by atoms with E-state index in [2.05, 4.69) is 5.32 Å². The van der Waals surface area contributed by atoms with E-state index in [1.54, 1.807) is 16.7 Å². The van der Waals surface area contributed by atoms with Crippen LogP contribution in [0.15, 0.2) is 46.2 Å². The van der Waals surface area contributed by atoms with Crippen molar-refractivity contribution >= 4 is 46.5 Å². The van der Waals surface area contributed by atoms with Gasteiger partial charge in [0.15, 0.2) is 0 Å². The number of carbonyl (C=O) groups excluding carboxylic acids is 2. The van der Waals surface area contributed by atoms with E-state index in [9.17, 15) is 14.7 Å². The number of fused-ring (bicyclic) bond motifs is 2. The van der Waals surface area contributed by atoms with Gasteiger partial charge < -0.3 is 25.0 Å². The summed E-state index contributed by atoms with van der Waals surface area (Å²) in [5.41, 5.74) is 3.62. The molecule has 8 heteroatoms. The fourth-order valence-corrected chi connectivity index (χ4v) is 4.04. The van der Waals surface area contributed by atoms with E-state index in [1.807, 2.05) is 74.4 Å². The van der Waals surface area contributed by atoms with Crippen molar-refractivity contribution in [1.29, 1.82) is 0 Å². The Labute approximate surface area is 168 Å². The quantitative estimate of drug-likeness (QED) is 0.831. The van der Waals surface area contributed by atoms with Gasteiger partial charge in [0.1, 0.15) is 0 Å². The van der Waals surface area contributed by atoms with Crippen LogP contribution in [0.4, 0.5) is 27.5 Å². The topological polar surface area (TPSA) is 79.0 Å². The molecule has 0 bridgehead atoms. The summed E-state index contributed by atoms with van der Waals surface area (Å²) in [6, 6.07) is 11.5. The fraction of sp³-hybridized carbons (Fsp3) is 0.300. The number of rotatable bonds is 5. The van der Waals surface area contributed by atoms with E-state index in [0.717, 1.165) is 32.5 Å². The Hall–Kier alpha value is -2.87. The predicted molar refractivity (Wildman–Crippen MR) is 111 cm³/mol. The lowest BCUT2D eigenvalue weighted by molar-refractivity contribution is -0.305. The molecule has 0 radical (unpaired) electrons. The maximum absolute atomic E-state index is 12.9. The van der Waals surface area contributed by atoms with Crippen LogP contribution in [-0.4, -0.2) is 46.7 Å². The van der Waals surface area contributed by atoms with Crippen LogP contribution in [0.2, 0.25) is 0 Å². The molecule has 0 fully saturated rings. The number of amides is 2. The molecular formula is C20H23N4O3S-. The van der Waals surface area contributed by atoms with Crippen LogP contribution in [0.1, 0.15) is 6.42 Å². The van der Waals surface area contributed by atoms with Crippen molar-refractivity contribution in [1.82, 2.24) is 5.32 Å². The number of nitrogens with zero attached hydrogens (tertiary/aromatic N) is 3. The van der Waals surface area contributed by atoms with Gasteiger partial charge in [0.25, 0.3) is 0 Å². The van der Waals surface area contributed by atoms with Crippen molar-refractivity contribution in [2.45, 2.75) is 16.2 Å². The molecule has 0 aliphatic carbocycles. The number of hydrogen-bond acceptors (Lipinski definition) is 6. The first-order valence-electron chi connectivity index (χ1n) is 8.86. The summed E-state index contributed by atoms with van der Waals surface area (Å²) in [6.07, 6.45) is -0.229. The van der Waals surface area contributed by atoms with E-state index in [0.29, 0.717) is 0 Å². The standard InChI is InChI=1S/C20H24N4O3S/c1-22(2)13-5-7-15-17(11-13)28-18-12-14(23(3)4)6-8-16(18)24(15)20(27)21-10-9-19(25)26/h5-8,11-12H,9-10H2,1-4H3,(H,21,27)(H,25,26)/p-1. The van der Waals surface area contributed by atoms with E-state index >= 15 is 0 Å². The summed E-state index contributed by atoms with van der Waals surface area (Å²) in [7, 11) is 7.88. The number of urea groups is 1. The minimum absolute atomic E-state index is 0.0149. The van der Waals surface area contributed by atoms with Crippen molar-refractivity contribution in [2.24, 2.45) is 0 Å². The minimum atomic E-state index is -1.19. The van der Waals surface area contributed by atoms with Crippen molar-refractivity contribution in [2.75, 3.05) is 49.4 Å². The summed E-state index contributed by atoms with van der Waals surface area (Å²) in [5, 5.41) is 13.3. The lowest BCUT2D eigenvalue weighted by Crippen LogP contribution is -2.40. The maximum Gasteiger partial charge on any atom is 0.326 e. The Bertz CT molecular complexity index is 857. The average molecular weight is 399 g/mol. The Kier molecular flexibility index (Phi) is 5.69. The molecular weight excluding hydrogens is 376 g/mol. The summed E-state index contributed by atoms with van der Waals surface area (Å²) < 4.78 is 0.